The first-order chi connectivity index (χ1) is 8.25. The molecule has 2 rings (SSSR count). The van der Waals surface area contributed by atoms with Gasteiger partial charge in [-0.25, -0.2) is 0 Å². The van der Waals surface area contributed by atoms with Gasteiger partial charge in [-0.3, -0.25) is 0 Å². The van der Waals surface area contributed by atoms with E-state index >= 15 is 0 Å². The molecule has 0 spiro atoms. The zero-order chi connectivity index (χ0) is 12.1. The number of unbranched alkanes of at least 4 members (excludes halogenated alkanes) is 1. The maximum Gasteiger partial charge on any atom is 0.0217 e. The molecule has 2 aliphatic rings. The van der Waals surface area contributed by atoms with Crippen LogP contribution in [0.25, 0.3) is 0 Å². The van der Waals surface area contributed by atoms with E-state index in [9.17, 15) is 0 Å². The van der Waals surface area contributed by atoms with Gasteiger partial charge in [0.25, 0.3) is 0 Å². The number of piperidine rings is 1. The lowest BCUT2D eigenvalue weighted by molar-refractivity contribution is 0.131. The quantitative estimate of drug-likeness (QED) is 0.680. The van der Waals surface area contributed by atoms with E-state index in [0.29, 0.717) is 0 Å². The van der Waals surface area contributed by atoms with E-state index in [1.807, 2.05) is 0 Å². The van der Waals surface area contributed by atoms with E-state index in [0.717, 1.165) is 12.1 Å². The summed E-state index contributed by atoms with van der Waals surface area (Å²) in [4.78, 5) is 5.05. The van der Waals surface area contributed by atoms with Crippen LogP contribution in [0.15, 0.2) is 0 Å². The van der Waals surface area contributed by atoms with E-state index in [1.165, 1.54) is 64.7 Å². The van der Waals surface area contributed by atoms with E-state index in [1.54, 1.807) is 0 Å². The van der Waals surface area contributed by atoms with Crippen LogP contribution in [0.2, 0.25) is 0 Å². The number of rotatable bonds is 7. The summed E-state index contributed by atoms with van der Waals surface area (Å²) in [6.07, 6.45) is 8.29. The van der Waals surface area contributed by atoms with Gasteiger partial charge in [-0.2, -0.15) is 0 Å². The molecule has 3 heteroatoms. The maximum atomic E-state index is 3.59. The molecule has 0 aromatic rings. The second kappa shape index (κ2) is 6.72. The van der Waals surface area contributed by atoms with E-state index in [2.05, 4.69) is 29.2 Å². The highest BCUT2D eigenvalue weighted by Crippen LogP contribution is 2.18. The van der Waals surface area contributed by atoms with Crippen LogP contribution in [-0.2, 0) is 0 Å². The Morgan fingerprint density at radius 1 is 1.18 bits per heavy atom. The molecule has 0 aromatic carbocycles. The van der Waals surface area contributed by atoms with Crippen molar-refractivity contribution >= 4 is 0 Å². The molecule has 1 heterocycles. The number of nitrogens with zero attached hydrogens (tertiary/aromatic N) is 2. The van der Waals surface area contributed by atoms with Crippen LogP contribution >= 0.6 is 0 Å². The fourth-order valence-corrected chi connectivity index (χ4v) is 2.71. The first kappa shape index (κ1) is 13.3. The summed E-state index contributed by atoms with van der Waals surface area (Å²) in [5.41, 5.74) is 0. The molecule has 100 valence electrons. The lowest BCUT2D eigenvalue weighted by atomic mass is 10.0. The second-order valence-electron chi connectivity index (χ2n) is 6.00. The molecule has 3 nitrogen and oxygen atoms in total. The summed E-state index contributed by atoms with van der Waals surface area (Å²) in [5, 5.41) is 3.59. The minimum Gasteiger partial charge on any atom is -0.314 e. The van der Waals surface area contributed by atoms with Gasteiger partial charge in [-0.1, -0.05) is 0 Å². The predicted octanol–water partition coefficient (Wildman–Crippen LogP) is 1.54. The Kier molecular flexibility index (Phi) is 5.26. The Morgan fingerprint density at radius 2 is 2.00 bits per heavy atom. The highest BCUT2D eigenvalue weighted by molar-refractivity contribution is 4.81. The smallest absolute Gasteiger partial charge is 0.0217 e. The number of likely N-dealkylation sites (tertiary alicyclic amines) is 1. The van der Waals surface area contributed by atoms with Gasteiger partial charge in [0.1, 0.15) is 0 Å². The number of hydrogen-bond acceptors (Lipinski definition) is 3. The van der Waals surface area contributed by atoms with Crippen LogP contribution in [0.3, 0.4) is 0 Å². The first-order valence-corrected chi connectivity index (χ1v) is 7.38. The highest BCUT2D eigenvalue weighted by Gasteiger charge is 2.21. The molecule has 1 saturated carbocycles. The lowest BCUT2D eigenvalue weighted by Crippen LogP contribution is -2.45. The third kappa shape index (κ3) is 4.94. The molecular weight excluding hydrogens is 210 g/mol. The number of hydrogen-bond donors (Lipinski definition) is 1. The molecule has 1 saturated heterocycles. The fraction of sp³-hybridized carbons (Fsp3) is 1.00. The van der Waals surface area contributed by atoms with Gasteiger partial charge < -0.3 is 15.1 Å². The van der Waals surface area contributed by atoms with E-state index in [-0.39, 0.29) is 0 Å². The molecular formula is C14H29N3. The van der Waals surface area contributed by atoms with Crippen molar-refractivity contribution in [3.8, 4) is 0 Å². The Hall–Kier alpha value is -0.120. The molecule has 0 amide bonds. The van der Waals surface area contributed by atoms with Crippen molar-refractivity contribution in [3.63, 3.8) is 0 Å². The molecule has 1 unspecified atom stereocenters. The summed E-state index contributed by atoms with van der Waals surface area (Å²) in [6, 6.07) is 1.66. The molecule has 0 radical (unpaired) electrons. The monoisotopic (exact) mass is 239 g/mol. The first-order valence-electron chi connectivity index (χ1n) is 7.38. The minimum absolute atomic E-state index is 0.785. The van der Waals surface area contributed by atoms with Crippen LogP contribution in [-0.4, -0.2) is 62.2 Å². The van der Waals surface area contributed by atoms with Crippen molar-refractivity contribution in [2.45, 2.75) is 50.6 Å². The van der Waals surface area contributed by atoms with Gasteiger partial charge in [0, 0.05) is 18.6 Å². The van der Waals surface area contributed by atoms with E-state index < -0.39 is 0 Å². The summed E-state index contributed by atoms with van der Waals surface area (Å²) >= 11 is 0. The van der Waals surface area contributed by atoms with Gasteiger partial charge in [0.2, 0.25) is 0 Å². The van der Waals surface area contributed by atoms with Gasteiger partial charge in [-0.05, 0) is 72.3 Å². The molecule has 17 heavy (non-hydrogen) atoms. The molecule has 1 aliphatic heterocycles. The van der Waals surface area contributed by atoms with Crippen LogP contribution in [0.4, 0.5) is 0 Å². The Morgan fingerprint density at radius 3 is 2.71 bits per heavy atom. The summed E-state index contributed by atoms with van der Waals surface area (Å²) < 4.78 is 0. The standard InChI is InChI=1S/C14H29N3/c1-16(2)14-6-5-11-17(12-14)10-4-3-9-15-13-7-8-13/h13-15H,3-12H2,1-2H3. The zero-order valence-corrected chi connectivity index (χ0v) is 11.6. The Bertz CT molecular complexity index is 214. The highest BCUT2D eigenvalue weighted by atomic mass is 15.2. The normalized spacial score (nSPS) is 26.6. The molecule has 1 N–H and O–H groups in total. The van der Waals surface area contributed by atoms with Crippen LogP contribution < -0.4 is 5.32 Å². The second-order valence-corrected chi connectivity index (χ2v) is 6.00. The van der Waals surface area contributed by atoms with Crippen molar-refractivity contribution < 1.29 is 0 Å². The van der Waals surface area contributed by atoms with Crippen LogP contribution in [0.5, 0.6) is 0 Å². The Labute approximate surface area is 107 Å². The zero-order valence-electron chi connectivity index (χ0n) is 11.6. The molecule has 0 bridgehead atoms. The summed E-state index contributed by atoms with van der Waals surface area (Å²) in [5.74, 6) is 0. The molecule has 2 fully saturated rings. The van der Waals surface area contributed by atoms with Crippen molar-refractivity contribution in [3.05, 3.63) is 0 Å². The van der Waals surface area contributed by atoms with Gasteiger partial charge in [0.05, 0.1) is 0 Å². The Balaban J connectivity index is 1.51. The third-order valence-electron chi connectivity index (χ3n) is 4.12. The van der Waals surface area contributed by atoms with Crippen molar-refractivity contribution in [2.75, 3.05) is 40.3 Å². The average molecular weight is 239 g/mol. The lowest BCUT2D eigenvalue weighted by Gasteiger charge is -2.36. The van der Waals surface area contributed by atoms with Crippen molar-refractivity contribution in [1.29, 1.82) is 0 Å². The van der Waals surface area contributed by atoms with Crippen LogP contribution in [0, 0.1) is 0 Å². The molecule has 0 aromatic heterocycles. The summed E-state index contributed by atoms with van der Waals surface area (Å²) in [6.45, 7) is 5.13. The van der Waals surface area contributed by atoms with Crippen LogP contribution in [0.1, 0.15) is 38.5 Å². The minimum atomic E-state index is 0.785. The van der Waals surface area contributed by atoms with Crippen molar-refractivity contribution in [1.82, 2.24) is 15.1 Å². The SMILES string of the molecule is CN(C)C1CCCN(CCCCNC2CC2)C1. The maximum absolute atomic E-state index is 3.59. The average Bonchev–Trinajstić information content (AvgIpc) is 3.13. The predicted molar refractivity (Wildman–Crippen MR) is 73.4 cm³/mol. The molecule has 1 atom stereocenters. The number of nitrogens with one attached hydrogen (secondary N) is 1. The summed E-state index contributed by atoms with van der Waals surface area (Å²) in [7, 11) is 4.43. The number of likely N-dealkylation sites (N-methyl/N-ethyl adjacent to an activating group) is 1. The topological polar surface area (TPSA) is 18.5 Å². The van der Waals surface area contributed by atoms with E-state index in [4.69, 9.17) is 0 Å². The molecule has 1 aliphatic carbocycles. The fourth-order valence-electron chi connectivity index (χ4n) is 2.71. The van der Waals surface area contributed by atoms with Gasteiger partial charge >= 0.3 is 0 Å². The third-order valence-corrected chi connectivity index (χ3v) is 4.12. The van der Waals surface area contributed by atoms with Gasteiger partial charge in [0.15, 0.2) is 0 Å². The van der Waals surface area contributed by atoms with Gasteiger partial charge in [-0.15, -0.1) is 0 Å². The van der Waals surface area contributed by atoms with Crippen molar-refractivity contribution in [2.24, 2.45) is 0 Å². The largest absolute Gasteiger partial charge is 0.314 e.